The van der Waals surface area contributed by atoms with Gasteiger partial charge in [-0.05, 0) is 44.7 Å². The summed E-state index contributed by atoms with van der Waals surface area (Å²) in [5.74, 6) is 0.720. The molecule has 1 aromatic rings. The molecular weight excluding hydrogens is 214 g/mol. The first-order valence-electron chi connectivity index (χ1n) is 6.34. The van der Waals surface area contributed by atoms with E-state index in [2.05, 4.69) is 52.1 Å². The van der Waals surface area contributed by atoms with Gasteiger partial charge >= 0.3 is 0 Å². The van der Waals surface area contributed by atoms with E-state index in [1.165, 1.54) is 16.2 Å². The van der Waals surface area contributed by atoms with Gasteiger partial charge in [-0.25, -0.2) is 0 Å². The number of aryl methyl sites for hydroxylation is 1. The van der Waals surface area contributed by atoms with E-state index in [9.17, 15) is 0 Å². The van der Waals surface area contributed by atoms with Crippen LogP contribution in [0, 0.1) is 12.8 Å². The van der Waals surface area contributed by atoms with Crippen molar-refractivity contribution in [1.29, 1.82) is 0 Å². The molecule has 0 saturated carbocycles. The fourth-order valence-electron chi connectivity index (χ4n) is 2.10. The molecule has 1 heterocycles. The Morgan fingerprint density at radius 1 is 1.25 bits per heavy atom. The predicted octanol–water partition coefficient (Wildman–Crippen LogP) is 4.01. The summed E-state index contributed by atoms with van der Waals surface area (Å²) in [4.78, 5) is 2.91. The zero-order valence-electron chi connectivity index (χ0n) is 11.2. The van der Waals surface area contributed by atoms with Gasteiger partial charge in [-0.15, -0.1) is 11.3 Å². The van der Waals surface area contributed by atoms with Gasteiger partial charge < -0.3 is 5.32 Å². The number of hydrogen-bond donors (Lipinski definition) is 1. The second kappa shape index (κ2) is 6.41. The van der Waals surface area contributed by atoms with Gasteiger partial charge in [-0.2, -0.15) is 0 Å². The van der Waals surface area contributed by atoms with Crippen molar-refractivity contribution in [3.63, 3.8) is 0 Å². The van der Waals surface area contributed by atoms with E-state index in [0.29, 0.717) is 12.1 Å². The van der Waals surface area contributed by atoms with Gasteiger partial charge in [0.05, 0.1) is 0 Å². The first kappa shape index (κ1) is 13.7. The van der Waals surface area contributed by atoms with Crippen molar-refractivity contribution >= 4 is 11.3 Å². The van der Waals surface area contributed by atoms with Crippen LogP contribution in [-0.4, -0.2) is 12.1 Å². The van der Waals surface area contributed by atoms with Gasteiger partial charge in [0.15, 0.2) is 0 Å². The van der Waals surface area contributed by atoms with E-state index in [-0.39, 0.29) is 0 Å². The van der Waals surface area contributed by atoms with Crippen LogP contribution < -0.4 is 5.32 Å². The summed E-state index contributed by atoms with van der Waals surface area (Å²) in [6.45, 7) is 11.3. The van der Waals surface area contributed by atoms with Crippen molar-refractivity contribution in [2.24, 2.45) is 5.92 Å². The zero-order chi connectivity index (χ0) is 12.1. The van der Waals surface area contributed by atoms with Gasteiger partial charge in [0.2, 0.25) is 0 Å². The van der Waals surface area contributed by atoms with E-state index in [1.54, 1.807) is 0 Å². The topological polar surface area (TPSA) is 12.0 Å². The normalized spacial score (nSPS) is 15.4. The highest BCUT2D eigenvalue weighted by Gasteiger charge is 2.14. The van der Waals surface area contributed by atoms with Gasteiger partial charge in [0.1, 0.15) is 0 Å². The molecule has 2 heteroatoms. The minimum atomic E-state index is 0.574. The summed E-state index contributed by atoms with van der Waals surface area (Å²) in [5.41, 5.74) is 0. The zero-order valence-corrected chi connectivity index (χ0v) is 12.0. The van der Waals surface area contributed by atoms with Gasteiger partial charge in [0, 0.05) is 21.8 Å². The molecule has 2 atom stereocenters. The fraction of sp³-hybridized carbons (Fsp3) is 0.714. The Morgan fingerprint density at radius 2 is 1.94 bits per heavy atom. The maximum Gasteiger partial charge on any atom is 0.00900 e. The molecule has 0 radical (unpaired) electrons. The van der Waals surface area contributed by atoms with Gasteiger partial charge in [-0.1, -0.05) is 20.8 Å². The van der Waals surface area contributed by atoms with E-state index in [4.69, 9.17) is 0 Å². The first-order valence-corrected chi connectivity index (χ1v) is 7.16. The molecule has 16 heavy (non-hydrogen) atoms. The molecule has 2 unspecified atom stereocenters. The van der Waals surface area contributed by atoms with Crippen molar-refractivity contribution in [2.75, 3.05) is 0 Å². The maximum absolute atomic E-state index is 3.73. The lowest BCUT2D eigenvalue weighted by molar-refractivity contribution is 0.351. The molecule has 1 N–H and O–H groups in total. The van der Waals surface area contributed by atoms with Crippen molar-refractivity contribution in [2.45, 2.75) is 59.5 Å². The Kier molecular flexibility index (Phi) is 5.50. The van der Waals surface area contributed by atoms with Crippen LogP contribution in [0.3, 0.4) is 0 Å². The van der Waals surface area contributed by atoms with Crippen molar-refractivity contribution in [3.8, 4) is 0 Å². The highest BCUT2D eigenvalue weighted by atomic mass is 32.1. The van der Waals surface area contributed by atoms with Crippen LogP contribution in [0.1, 0.15) is 43.9 Å². The van der Waals surface area contributed by atoms with Crippen molar-refractivity contribution in [3.05, 3.63) is 21.9 Å². The number of hydrogen-bond acceptors (Lipinski definition) is 2. The Morgan fingerprint density at radius 3 is 2.38 bits per heavy atom. The third kappa shape index (κ3) is 4.26. The lowest BCUT2D eigenvalue weighted by Gasteiger charge is -2.25. The van der Waals surface area contributed by atoms with Crippen LogP contribution in [0.15, 0.2) is 12.1 Å². The monoisotopic (exact) mass is 239 g/mol. The molecule has 1 nitrogen and oxygen atoms in total. The Labute approximate surface area is 104 Å². The summed E-state index contributed by atoms with van der Waals surface area (Å²) in [6, 6.07) is 5.70. The maximum atomic E-state index is 3.73. The average Bonchev–Trinajstić information content (AvgIpc) is 2.60. The standard InChI is InChI=1S/C14H25NS/c1-6-14(10(2)3)15-11(4)9-13-8-7-12(5)16-13/h7-8,10-11,14-15H,6,9H2,1-5H3. The molecule has 92 valence electrons. The van der Waals surface area contributed by atoms with Crippen LogP contribution in [0.25, 0.3) is 0 Å². The van der Waals surface area contributed by atoms with Crippen LogP contribution in [0.2, 0.25) is 0 Å². The molecule has 0 saturated heterocycles. The summed E-state index contributed by atoms with van der Waals surface area (Å²) in [5, 5.41) is 3.73. The molecule has 0 amide bonds. The van der Waals surface area contributed by atoms with Gasteiger partial charge in [0.25, 0.3) is 0 Å². The second-order valence-electron chi connectivity index (χ2n) is 5.04. The van der Waals surface area contributed by atoms with Crippen molar-refractivity contribution in [1.82, 2.24) is 5.32 Å². The van der Waals surface area contributed by atoms with E-state index in [0.717, 1.165) is 12.3 Å². The molecule has 0 aliphatic rings. The second-order valence-corrected chi connectivity index (χ2v) is 6.42. The highest BCUT2D eigenvalue weighted by molar-refractivity contribution is 7.11. The summed E-state index contributed by atoms with van der Waals surface area (Å²) in [6.07, 6.45) is 2.37. The molecule has 0 aliphatic carbocycles. The molecule has 0 bridgehead atoms. The predicted molar refractivity (Wildman–Crippen MR) is 74.3 cm³/mol. The Balaban J connectivity index is 2.43. The van der Waals surface area contributed by atoms with Crippen LogP contribution in [0.4, 0.5) is 0 Å². The molecule has 0 aliphatic heterocycles. The third-order valence-electron chi connectivity index (χ3n) is 3.05. The Hall–Kier alpha value is -0.340. The van der Waals surface area contributed by atoms with E-state index >= 15 is 0 Å². The average molecular weight is 239 g/mol. The lowest BCUT2D eigenvalue weighted by Crippen LogP contribution is -2.40. The summed E-state index contributed by atoms with van der Waals surface area (Å²) in [7, 11) is 0. The SMILES string of the molecule is CCC(NC(C)Cc1ccc(C)s1)C(C)C. The number of thiophene rings is 1. The lowest BCUT2D eigenvalue weighted by atomic mass is 10.0. The minimum absolute atomic E-state index is 0.574. The molecule has 0 fully saturated rings. The number of nitrogens with one attached hydrogen (secondary N) is 1. The highest BCUT2D eigenvalue weighted by Crippen LogP contribution is 2.17. The largest absolute Gasteiger partial charge is 0.311 e. The number of rotatable bonds is 6. The molecule has 1 aromatic heterocycles. The van der Waals surface area contributed by atoms with E-state index < -0.39 is 0 Å². The van der Waals surface area contributed by atoms with Crippen LogP contribution in [-0.2, 0) is 6.42 Å². The summed E-state index contributed by atoms with van der Waals surface area (Å²) < 4.78 is 0. The molecule has 0 spiro atoms. The van der Waals surface area contributed by atoms with E-state index in [1.807, 2.05) is 11.3 Å². The first-order chi connectivity index (χ1) is 7.52. The third-order valence-corrected chi connectivity index (χ3v) is 4.07. The molecule has 0 aromatic carbocycles. The van der Waals surface area contributed by atoms with Crippen LogP contribution in [0.5, 0.6) is 0 Å². The van der Waals surface area contributed by atoms with Crippen LogP contribution >= 0.6 is 11.3 Å². The molecular formula is C14H25NS. The Bertz CT molecular complexity index is 303. The van der Waals surface area contributed by atoms with Gasteiger partial charge in [-0.3, -0.25) is 0 Å². The molecule has 1 rings (SSSR count). The van der Waals surface area contributed by atoms with Crippen molar-refractivity contribution < 1.29 is 0 Å². The smallest absolute Gasteiger partial charge is 0.00900 e. The fourth-order valence-corrected chi connectivity index (χ4v) is 3.12. The quantitative estimate of drug-likeness (QED) is 0.791. The minimum Gasteiger partial charge on any atom is -0.311 e. The summed E-state index contributed by atoms with van der Waals surface area (Å²) >= 11 is 1.92.